The molecule has 0 saturated carbocycles. The predicted molar refractivity (Wildman–Crippen MR) is 210 cm³/mol. The molecule has 14 heteroatoms. The van der Waals surface area contributed by atoms with E-state index >= 15 is 0 Å². The Labute approximate surface area is 335 Å². The van der Waals surface area contributed by atoms with E-state index in [2.05, 4.69) is 5.32 Å². The highest BCUT2D eigenvalue weighted by Crippen LogP contribution is 2.45. The van der Waals surface area contributed by atoms with Crippen LogP contribution in [0.1, 0.15) is 56.0 Å². The van der Waals surface area contributed by atoms with Crippen LogP contribution in [0.3, 0.4) is 0 Å². The van der Waals surface area contributed by atoms with Gasteiger partial charge in [-0.2, -0.15) is 0 Å². The Morgan fingerprint density at radius 3 is 1.64 bits per heavy atom. The fourth-order valence-electron chi connectivity index (χ4n) is 6.59. The van der Waals surface area contributed by atoms with Crippen molar-refractivity contribution in [2.45, 2.75) is 46.6 Å². The topological polar surface area (TPSA) is 173 Å². The van der Waals surface area contributed by atoms with Crippen LogP contribution in [-0.2, 0) is 41.6 Å². The maximum Gasteiger partial charge on any atom is 0.308 e. The Bertz CT molecular complexity index is 2210. The molecule has 14 nitrogen and oxygen atoms in total. The molecule has 58 heavy (non-hydrogen) atoms. The molecular weight excluding hydrogens is 748 g/mol. The fourth-order valence-corrected chi connectivity index (χ4v) is 6.59. The number of ether oxygens (including phenoxy) is 6. The van der Waals surface area contributed by atoms with E-state index in [1.807, 2.05) is 0 Å². The van der Waals surface area contributed by atoms with Crippen LogP contribution in [0.15, 0.2) is 90.5 Å². The van der Waals surface area contributed by atoms with Crippen molar-refractivity contribution >= 4 is 41.8 Å². The molecule has 0 aliphatic carbocycles. The second kappa shape index (κ2) is 19.3. The molecule has 2 amide bonds. The number of benzene rings is 4. The monoisotopic (exact) mass is 792 g/mol. The zero-order chi connectivity index (χ0) is 41.9. The van der Waals surface area contributed by atoms with Crippen molar-refractivity contribution < 1.29 is 57.2 Å². The smallest absolute Gasteiger partial charge is 0.308 e. The number of hydrogen-bond acceptors (Lipinski definition) is 12. The number of amides is 2. The minimum Gasteiger partial charge on any atom is -0.493 e. The van der Waals surface area contributed by atoms with Crippen LogP contribution in [0.2, 0.25) is 0 Å². The summed E-state index contributed by atoms with van der Waals surface area (Å²) in [5.41, 5.74) is 2.95. The van der Waals surface area contributed by atoms with E-state index in [0.717, 1.165) is 11.1 Å². The van der Waals surface area contributed by atoms with Crippen LogP contribution in [-0.4, -0.2) is 67.9 Å². The van der Waals surface area contributed by atoms with Crippen molar-refractivity contribution in [2.24, 2.45) is 5.92 Å². The van der Waals surface area contributed by atoms with Crippen LogP contribution in [0, 0.1) is 5.92 Å². The van der Waals surface area contributed by atoms with Gasteiger partial charge >= 0.3 is 23.9 Å². The molecule has 4 aromatic carbocycles. The lowest BCUT2D eigenvalue weighted by Gasteiger charge is -2.28. The summed E-state index contributed by atoms with van der Waals surface area (Å²) in [6.45, 7) is 5.55. The zero-order valence-electron chi connectivity index (χ0n) is 33.0. The summed E-state index contributed by atoms with van der Waals surface area (Å²) in [5.74, 6) is -2.29. The average molecular weight is 793 g/mol. The van der Waals surface area contributed by atoms with Crippen LogP contribution in [0.4, 0.5) is 0 Å². The van der Waals surface area contributed by atoms with Crippen LogP contribution in [0.5, 0.6) is 34.5 Å². The number of carbonyl (C=O) groups is 6. The highest BCUT2D eigenvalue weighted by molar-refractivity contribution is 6.07. The van der Waals surface area contributed by atoms with E-state index in [1.54, 1.807) is 95.9 Å². The highest BCUT2D eigenvalue weighted by atomic mass is 16.6. The minimum absolute atomic E-state index is 0.166. The SMILES string of the molecule is COc1cc(/C=C2\C(=O)N(CCc3ccc(OC(C)=O)cc3)[C@H](c3ccc(OC(C)=O)c(OC)c3)[C@H]2C(=O)NCCc2ccc(OC(C)=O)cc2)ccc1OC(C)=O. The maximum atomic E-state index is 14.7. The van der Waals surface area contributed by atoms with Crippen LogP contribution in [0.25, 0.3) is 6.08 Å². The third kappa shape index (κ3) is 10.9. The number of likely N-dealkylation sites (tertiary alicyclic amines) is 1. The number of methoxy groups -OCH3 is 2. The normalized spacial score (nSPS) is 15.4. The quantitative estimate of drug-likeness (QED) is 0.0900. The van der Waals surface area contributed by atoms with Gasteiger partial charge in [-0.25, -0.2) is 0 Å². The van der Waals surface area contributed by atoms with Gasteiger partial charge in [-0.3, -0.25) is 28.8 Å². The average Bonchev–Trinajstić information content (AvgIpc) is 3.45. The molecule has 2 atom stereocenters. The first-order chi connectivity index (χ1) is 27.8. The third-order valence-electron chi connectivity index (χ3n) is 9.05. The molecule has 0 unspecified atom stereocenters. The predicted octanol–water partition coefficient (Wildman–Crippen LogP) is 5.59. The first-order valence-corrected chi connectivity index (χ1v) is 18.3. The van der Waals surface area contributed by atoms with Crippen molar-refractivity contribution in [1.29, 1.82) is 0 Å². The molecule has 0 bridgehead atoms. The molecule has 4 aromatic rings. The van der Waals surface area contributed by atoms with E-state index in [-0.39, 0.29) is 41.7 Å². The Hall–Kier alpha value is -6.96. The second-order valence-corrected chi connectivity index (χ2v) is 13.3. The number of esters is 4. The Kier molecular flexibility index (Phi) is 14.0. The van der Waals surface area contributed by atoms with E-state index in [1.165, 1.54) is 41.9 Å². The molecule has 0 spiro atoms. The summed E-state index contributed by atoms with van der Waals surface area (Å²) < 4.78 is 32.0. The number of nitrogens with one attached hydrogen (secondary N) is 1. The Balaban J connectivity index is 1.56. The number of nitrogens with zero attached hydrogens (tertiary/aromatic N) is 1. The lowest BCUT2D eigenvalue weighted by Crippen LogP contribution is -2.37. The molecule has 302 valence electrons. The van der Waals surface area contributed by atoms with Crippen molar-refractivity contribution in [3.63, 3.8) is 0 Å². The Morgan fingerprint density at radius 2 is 1.12 bits per heavy atom. The summed E-state index contributed by atoms with van der Waals surface area (Å²) in [6, 6.07) is 22.7. The molecular formula is C44H44N2O12. The molecule has 0 aromatic heterocycles. The third-order valence-corrected chi connectivity index (χ3v) is 9.05. The van der Waals surface area contributed by atoms with Crippen molar-refractivity contribution in [1.82, 2.24) is 10.2 Å². The zero-order valence-corrected chi connectivity index (χ0v) is 33.0. The van der Waals surface area contributed by atoms with Crippen molar-refractivity contribution in [3.8, 4) is 34.5 Å². The van der Waals surface area contributed by atoms with Gasteiger partial charge in [-0.1, -0.05) is 36.4 Å². The van der Waals surface area contributed by atoms with Crippen LogP contribution >= 0.6 is 0 Å². The lowest BCUT2D eigenvalue weighted by molar-refractivity contribution is -0.132. The molecule has 1 heterocycles. The number of rotatable bonds is 15. The van der Waals surface area contributed by atoms with Gasteiger partial charge in [0.15, 0.2) is 23.0 Å². The second-order valence-electron chi connectivity index (χ2n) is 13.3. The first-order valence-electron chi connectivity index (χ1n) is 18.3. The van der Waals surface area contributed by atoms with Gasteiger partial charge in [0.25, 0.3) is 5.91 Å². The first kappa shape index (κ1) is 42.2. The molecule has 0 radical (unpaired) electrons. The molecule has 1 aliphatic heterocycles. The van der Waals surface area contributed by atoms with Crippen molar-refractivity contribution in [3.05, 3.63) is 113 Å². The van der Waals surface area contributed by atoms with E-state index in [0.29, 0.717) is 35.5 Å². The highest BCUT2D eigenvalue weighted by Gasteiger charge is 2.48. The number of hydrogen-bond donors (Lipinski definition) is 1. The standard InChI is InChI=1S/C44H44N2O12/c1-26(47)55-34-13-7-30(8-14-34)19-21-45-43(51)41-36(23-32-11-17-37(57-28(3)49)39(24-32)53-5)44(52)46(22-20-31-9-15-35(16-10-31)56-27(2)48)42(41)33-12-18-38(58-29(4)50)40(25-33)54-6/h7-18,23-25,41-42H,19-22H2,1-6H3,(H,45,51)/b36-23-/t41-,42+/m0/s1. The van der Waals surface area contributed by atoms with Gasteiger partial charge < -0.3 is 38.6 Å². The molecule has 1 aliphatic rings. The van der Waals surface area contributed by atoms with E-state index in [9.17, 15) is 28.8 Å². The number of carbonyl (C=O) groups excluding carboxylic acids is 6. The van der Waals surface area contributed by atoms with Crippen LogP contribution < -0.4 is 33.7 Å². The Morgan fingerprint density at radius 1 is 0.621 bits per heavy atom. The molecule has 1 saturated heterocycles. The summed E-state index contributed by atoms with van der Waals surface area (Å²) in [7, 11) is 2.84. The van der Waals surface area contributed by atoms with E-state index in [4.69, 9.17) is 28.4 Å². The van der Waals surface area contributed by atoms with Gasteiger partial charge in [0.05, 0.1) is 26.2 Å². The summed E-state index contributed by atoms with van der Waals surface area (Å²) in [5, 5.41) is 3.02. The van der Waals surface area contributed by atoms with E-state index < -0.39 is 47.7 Å². The molecule has 1 fully saturated rings. The van der Waals surface area contributed by atoms with Crippen molar-refractivity contribution in [2.75, 3.05) is 27.3 Å². The largest absolute Gasteiger partial charge is 0.493 e. The maximum absolute atomic E-state index is 14.7. The summed E-state index contributed by atoms with van der Waals surface area (Å²) >= 11 is 0. The molecule has 1 N–H and O–H groups in total. The van der Waals surface area contributed by atoms with Gasteiger partial charge in [-0.05, 0) is 89.7 Å². The van der Waals surface area contributed by atoms with Gasteiger partial charge in [0.1, 0.15) is 11.5 Å². The van der Waals surface area contributed by atoms with Gasteiger partial charge in [-0.15, -0.1) is 0 Å². The fraction of sp³-hybridized carbons (Fsp3) is 0.273. The summed E-state index contributed by atoms with van der Waals surface area (Å²) in [6.07, 6.45) is 2.43. The molecule has 5 rings (SSSR count). The minimum atomic E-state index is -1.06. The van der Waals surface area contributed by atoms with Gasteiger partial charge in [0, 0.05) is 46.4 Å². The van der Waals surface area contributed by atoms with Gasteiger partial charge in [0.2, 0.25) is 5.91 Å². The lowest BCUT2D eigenvalue weighted by atomic mass is 9.88. The summed E-state index contributed by atoms with van der Waals surface area (Å²) in [4.78, 5) is 77.3.